The second-order valence-electron chi connectivity index (χ2n) is 12.6. The summed E-state index contributed by atoms with van der Waals surface area (Å²) in [6, 6.07) is 18.1. The second-order valence-corrected chi connectivity index (χ2v) is 12.6. The molecule has 0 saturated carbocycles. The van der Waals surface area contributed by atoms with Gasteiger partial charge in [0.15, 0.2) is 0 Å². The fourth-order valence-electron chi connectivity index (χ4n) is 6.48. The van der Waals surface area contributed by atoms with E-state index in [1.165, 1.54) is 123 Å². The van der Waals surface area contributed by atoms with E-state index in [1.807, 2.05) is 0 Å². The van der Waals surface area contributed by atoms with Crippen molar-refractivity contribution in [1.82, 2.24) is 0 Å². The third-order valence-electron chi connectivity index (χ3n) is 8.96. The van der Waals surface area contributed by atoms with E-state index in [0.717, 1.165) is 49.9 Å². The fraction of sp³-hybridized carbons (Fsp3) is 0.571. The Morgan fingerprint density at radius 3 is 1.27 bits per heavy atom. The number of benzene rings is 2. The van der Waals surface area contributed by atoms with Crippen molar-refractivity contribution in [3.8, 4) is 0 Å². The Kier molecular flexibility index (Phi) is 24.0. The van der Waals surface area contributed by atoms with Crippen LogP contribution in [0.5, 0.6) is 0 Å². The van der Waals surface area contributed by atoms with E-state index >= 15 is 0 Å². The predicted octanol–water partition coefficient (Wildman–Crippen LogP) is 13.9. The summed E-state index contributed by atoms with van der Waals surface area (Å²) in [6.07, 6.45) is 24.5. The number of rotatable bonds is 22. The Labute approximate surface area is 290 Å². The van der Waals surface area contributed by atoms with Crippen molar-refractivity contribution in [2.75, 3.05) is 0 Å². The van der Waals surface area contributed by atoms with Gasteiger partial charge in [-0.3, -0.25) is 0 Å². The van der Waals surface area contributed by atoms with Gasteiger partial charge in [-0.1, -0.05) is 129 Å². The van der Waals surface area contributed by atoms with Crippen LogP contribution in [0.4, 0.5) is 0 Å². The van der Waals surface area contributed by atoms with Gasteiger partial charge < -0.3 is 20.4 Å². The Morgan fingerprint density at radius 1 is 0.467 bits per heavy atom. The monoisotopic (exact) mass is 656 g/mol. The molecule has 0 bridgehead atoms. The largest absolute Gasteiger partial charge is 2.00 e. The van der Waals surface area contributed by atoms with Gasteiger partial charge in [0.05, 0.1) is 0 Å². The Hall–Kier alpha value is -1.99. The van der Waals surface area contributed by atoms with Crippen molar-refractivity contribution in [2.24, 2.45) is 0 Å². The van der Waals surface area contributed by atoms with Gasteiger partial charge in [0.2, 0.25) is 11.4 Å². The van der Waals surface area contributed by atoms with Crippen molar-refractivity contribution >= 4 is 11.4 Å². The summed E-state index contributed by atoms with van der Waals surface area (Å²) in [5.41, 5.74) is 22.0. The van der Waals surface area contributed by atoms with Crippen LogP contribution < -0.4 is 0 Å². The van der Waals surface area contributed by atoms with E-state index in [-0.39, 0.29) is 31.3 Å². The minimum atomic E-state index is 0. The molecule has 0 radical (unpaired) electrons. The smallest absolute Gasteiger partial charge is 0.493 e. The molecule has 1 aliphatic rings. The van der Waals surface area contributed by atoms with Crippen molar-refractivity contribution in [2.45, 2.75) is 156 Å². The fourth-order valence-corrected chi connectivity index (χ4v) is 6.48. The standard InChI is InChI=1S/C40H60N2.2CH3.Ni/c1-5-9-13-16-17-20-30-38-37(29-12-8-4)39(35-27-21-25-33(31-35)23-18-14-10-6-2)42(41)40(38)36-28-22-26-34(32-36)24-19-15-11-7-3;;;/h21-22,25-28,31-32H,5-20,23-24,29-30H2,1-4H3;2*1H3;/q;2*-1;+2. The molecule has 0 unspecified atom stereocenters. The molecular formula is C42H66N2Ni. The first-order valence-electron chi connectivity index (χ1n) is 17.8. The summed E-state index contributed by atoms with van der Waals surface area (Å²) in [5, 5.41) is 0. The van der Waals surface area contributed by atoms with Gasteiger partial charge in [-0.25, -0.2) is 4.70 Å². The molecule has 3 rings (SSSR count). The number of allylic oxidation sites excluding steroid dienone is 2. The Bertz CT molecular complexity index is 1160. The molecule has 2 aromatic rings. The number of unbranched alkanes of at least 4 members (excludes halogenated alkanes) is 12. The van der Waals surface area contributed by atoms with Gasteiger partial charge in [-0.15, -0.1) is 0 Å². The normalized spacial score (nSPS) is 12.7. The van der Waals surface area contributed by atoms with Crippen LogP contribution in [0.3, 0.4) is 0 Å². The Morgan fingerprint density at radius 2 is 0.822 bits per heavy atom. The maximum Gasteiger partial charge on any atom is 2.00 e. The van der Waals surface area contributed by atoms with Gasteiger partial charge in [0, 0.05) is 22.3 Å². The summed E-state index contributed by atoms with van der Waals surface area (Å²) in [5.74, 6) is 0. The molecule has 2 nitrogen and oxygen atoms in total. The average Bonchev–Trinajstić information content (AvgIpc) is 3.29. The third kappa shape index (κ3) is 13.7. The molecule has 0 amide bonds. The number of aryl methyl sites for hydroxylation is 2. The van der Waals surface area contributed by atoms with Gasteiger partial charge in [0.25, 0.3) is 0 Å². The zero-order valence-corrected chi connectivity index (χ0v) is 31.0. The first-order valence-corrected chi connectivity index (χ1v) is 17.8. The van der Waals surface area contributed by atoms with Crippen LogP contribution in [0.2, 0.25) is 0 Å². The van der Waals surface area contributed by atoms with Crippen LogP contribution >= 0.6 is 0 Å². The van der Waals surface area contributed by atoms with Crippen molar-refractivity contribution in [3.63, 3.8) is 0 Å². The van der Waals surface area contributed by atoms with Gasteiger partial charge in [-0.05, 0) is 86.8 Å². The molecule has 254 valence electrons. The summed E-state index contributed by atoms with van der Waals surface area (Å²) in [6.45, 7) is 9.12. The molecule has 1 aliphatic heterocycles. The number of nitrogens with zero attached hydrogens (tertiary/aromatic N) is 2. The van der Waals surface area contributed by atoms with E-state index < -0.39 is 0 Å². The van der Waals surface area contributed by atoms with E-state index in [4.69, 9.17) is 0 Å². The van der Waals surface area contributed by atoms with Crippen LogP contribution in [0.15, 0.2) is 59.7 Å². The van der Waals surface area contributed by atoms with E-state index in [2.05, 4.69) is 76.2 Å². The zero-order chi connectivity index (χ0) is 30.0. The maximum atomic E-state index is 12.1. The molecule has 3 heteroatoms. The first kappa shape index (κ1) is 43.0. The summed E-state index contributed by atoms with van der Waals surface area (Å²) < 4.78 is 1.59. The van der Waals surface area contributed by atoms with Crippen LogP contribution in [0, 0.1) is 14.9 Å². The molecular weight excluding hydrogens is 591 g/mol. The van der Waals surface area contributed by atoms with Gasteiger partial charge in [0.1, 0.15) is 0 Å². The van der Waals surface area contributed by atoms with Gasteiger partial charge in [-0.2, -0.15) is 0 Å². The maximum absolute atomic E-state index is 12.1. The minimum absolute atomic E-state index is 0. The molecule has 1 heterocycles. The van der Waals surface area contributed by atoms with E-state index in [9.17, 15) is 5.53 Å². The predicted molar refractivity (Wildman–Crippen MR) is 196 cm³/mol. The second kappa shape index (κ2) is 25.1. The van der Waals surface area contributed by atoms with Gasteiger partial charge >= 0.3 is 16.5 Å². The summed E-state index contributed by atoms with van der Waals surface area (Å²) in [4.78, 5) is 0. The average molecular weight is 658 g/mol. The molecule has 2 aromatic carbocycles. The van der Waals surface area contributed by atoms with Crippen molar-refractivity contribution < 1.29 is 21.2 Å². The molecule has 45 heavy (non-hydrogen) atoms. The molecule has 0 atom stereocenters. The minimum Gasteiger partial charge on any atom is -0.493 e. The number of hydrogen-bond donors (Lipinski definition) is 0. The van der Waals surface area contributed by atoms with Crippen molar-refractivity contribution in [3.05, 3.63) is 102 Å². The SMILES string of the molecule is CCCCCCCCC1=C(c2cccc(CCCCCC)c2)[N+](=[N-])C(c2cccc(CCCCCC)c2)=C1CCCC.[CH3-].[CH3-].[Ni+2]. The summed E-state index contributed by atoms with van der Waals surface area (Å²) >= 11 is 0. The summed E-state index contributed by atoms with van der Waals surface area (Å²) in [7, 11) is 0. The molecule has 0 aliphatic carbocycles. The van der Waals surface area contributed by atoms with Crippen LogP contribution in [-0.2, 0) is 29.3 Å². The topological polar surface area (TPSA) is 25.3 Å². The van der Waals surface area contributed by atoms with E-state index in [0.29, 0.717) is 0 Å². The zero-order valence-electron chi connectivity index (χ0n) is 30.0. The molecule has 0 fully saturated rings. The molecule has 0 spiro atoms. The first-order chi connectivity index (χ1) is 20.6. The quantitative estimate of drug-likeness (QED) is 0.0521. The van der Waals surface area contributed by atoms with Crippen LogP contribution in [-0.4, -0.2) is 4.70 Å². The number of hydrogen-bond acceptors (Lipinski definition) is 0. The molecule has 0 saturated heterocycles. The third-order valence-corrected chi connectivity index (χ3v) is 8.96. The van der Waals surface area contributed by atoms with Crippen molar-refractivity contribution in [1.29, 1.82) is 0 Å². The molecule has 0 aromatic heterocycles. The Balaban J connectivity index is 0.00000645. The molecule has 0 N–H and O–H groups in total. The van der Waals surface area contributed by atoms with E-state index in [1.54, 1.807) is 4.70 Å². The van der Waals surface area contributed by atoms with Crippen LogP contribution in [0.1, 0.15) is 166 Å². The van der Waals surface area contributed by atoms with Crippen LogP contribution in [0.25, 0.3) is 16.9 Å².